The van der Waals surface area contributed by atoms with Crippen molar-refractivity contribution in [3.05, 3.63) is 41.2 Å². The number of carbonyl (C=O) groups excluding carboxylic acids is 1. The highest BCUT2D eigenvalue weighted by atomic mass is 32.2. The SMILES string of the molecule is Cc1ccc(OCC(=O)NCCNS(=O)(=O)c2c(C)n[nH]c2C)cc1. The summed E-state index contributed by atoms with van der Waals surface area (Å²) in [7, 11) is -3.66. The molecule has 2 rings (SSSR count). The summed E-state index contributed by atoms with van der Waals surface area (Å²) in [6, 6.07) is 7.35. The number of sulfonamides is 1. The Bertz CT molecular complexity index is 809. The average Bonchev–Trinajstić information content (AvgIpc) is 2.90. The van der Waals surface area contributed by atoms with Crippen molar-refractivity contribution >= 4 is 15.9 Å². The Morgan fingerprint density at radius 2 is 1.84 bits per heavy atom. The second-order valence-electron chi connectivity index (χ2n) is 5.61. The number of hydrogen-bond donors (Lipinski definition) is 3. The summed E-state index contributed by atoms with van der Waals surface area (Å²) in [6.45, 7) is 5.31. The van der Waals surface area contributed by atoms with Gasteiger partial charge < -0.3 is 10.1 Å². The van der Waals surface area contributed by atoms with Crippen LogP contribution < -0.4 is 14.8 Å². The number of amides is 1. The molecule has 3 N–H and O–H groups in total. The van der Waals surface area contributed by atoms with Gasteiger partial charge in [-0.25, -0.2) is 13.1 Å². The molecule has 0 aliphatic carbocycles. The van der Waals surface area contributed by atoms with Crippen LogP contribution in [0.15, 0.2) is 29.2 Å². The fourth-order valence-electron chi connectivity index (χ4n) is 2.23. The van der Waals surface area contributed by atoms with E-state index in [2.05, 4.69) is 20.2 Å². The van der Waals surface area contributed by atoms with Crippen LogP contribution in [0.2, 0.25) is 0 Å². The predicted molar refractivity (Wildman–Crippen MR) is 92.9 cm³/mol. The van der Waals surface area contributed by atoms with Gasteiger partial charge >= 0.3 is 0 Å². The highest BCUT2D eigenvalue weighted by molar-refractivity contribution is 7.89. The number of nitrogens with one attached hydrogen (secondary N) is 3. The first kappa shape index (κ1) is 18.9. The minimum Gasteiger partial charge on any atom is -0.484 e. The van der Waals surface area contributed by atoms with E-state index in [-0.39, 0.29) is 30.5 Å². The number of ether oxygens (including phenoxy) is 1. The van der Waals surface area contributed by atoms with Gasteiger partial charge in [0.15, 0.2) is 6.61 Å². The number of nitrogens with zero attached hydrogens (tertiary/aromatic N) is 1. The third-order valence-electron chi connectivity index (χ3n) is 3.46. The Morgan fingerprint density at radius 1 is 1.16 bits per heavy atom. The molecule has 2 aromatic rings. The molecule has 1 amide bonds. The van der Waals surface area contributed by atoms with Crippen molar-refractivity contribution in [2.75, 3.05) is 19.7 Å². The zero-order valence-corrected chi connectivity index (χ0v) is 15.2. The third-order valence-corrected chi connectivity index (χ3v) is 5.18. The second kappa shape index (κ2) is 8.13. The molecular weight excluding hydrogens is 344 g/mol. The number of carbonyl (C=O) groups is 1. The van der Waals surface area contributed by atoms with Gasteiger partial charge in [-0.3, -0.25) is 9.89 Å². The Balaban J connectivity index is 1.73. The molecule has 0 saturated heterocycles. The number of aromatic nitrogens is 2. The molecule has 0 bridgehead atoms. The lowest BCUT2D eigenvalue weighted by Crippen LogP contribution is -2.37. The van der Waals surface area contributed by atoms with Crippen LogP contribution >= 0.6 is 0 Å². The van der Waals surface area contributed by atoms with Crippen molar-refractivity contribution in [3.8, 4) is 5.75 Å². The Hall–Kier alpha value is -2.39. The van der Waals surface area contributed by atoms with Gasteiger partial charge in [-0.05, 0) is 32.9 Å². The molecule has 9 heteroatoms. The summed E-state index contributed by atoms with van der Waals surface area (Å²) in [5.41, 5.74) is 1.98. The van der Waals surface area contributed by atoms with Crippen LogP contribution in [0.4, 0.5) is 0 Å². The lowest BCUT2D eigenvalue weighted by atomic mass is 10.2. The summed E-state index contributed by atoms with van der Waals surface area (Å²) >= 11 is 0. The van der Waals surface area contributed by atoms with Crippen molar-refractivity contribution in [1.29, 1.82) is 0 Å². The second-order valence-corrected chi connectivity index (χ2v) is 7.32. The van der Waals surface area contributed by atoms with Gasteiger partial charge in [0.1, 0.15) is 10.6 Å². The highest BCUT2D eigenvalue weighted by Crippen LogP contribution is 2.15. The summed E-state index contributed by atoms with van der Waals surface area (Å²) in [5.74, 6) is 0.280. The van der Waals surface area contributed by atoms with Crippen LogP contribution in [0.5, 0.6) is 5.75 Å². The van der Waals surface area contributed by atoms with Crippen molar-refractivity contribution in [2.45, 2.75) is 25.7 Å². The highest BCUT2D eigenvalue weighted by Gasteiger charge is 2.21. The van der Waals surface area contributed by atoms with Gasteiger partial charge in [-0.2, -0.15) is 5.10 Å². The van der Waals surface area contributed by atoms with Crippen molar-refractivity contribution < 1.29 is 17.9 Å². The van der Waals surface area contributed by atoms with Crippen LogP contribution in [-0.2, 0) is 14.8 Å². The molecule has 0 radical (unpaired) electrons. The maximum atomic E-state index is 12.2. The molecule has 1 aromatic carbocycles. The molecule has 1 aromatic heterocycles. The number of H-pyrrole nitrogens is 1. The van der Waals surface area contributed by atoms with E-state index in [1.54, 1.807) is 26.0 Å². The van der Waals surface area contributed by atoms with Crippen LogP contribution in [-0.4, -0.2) is 44.2 Å². The van der Waals surface area contributed by atoms with Gasteiger partial charge in [0, 0.05) is 13.1 Å². The molecule has 0 atom stereocenters. The number of benzene rings is 1. The fourth-order valence-corrected chi connectivity index (χ4v) is 3.63. The number of aromatic amines is 1. The molecule has 0 aliphatic rings. The number of rotatable bonds is 8. The third kappa shape index (κ3) is 5.30. The van der Waals surface area contributed by atoms with E-state index >= 15 is 0 Å². The van der Waals surface area contributed by atoms with Crippen LogP contribution in [0.25, 0.3) is 0 Å². The summed E-state index contributed by atoms with van der Waals surface area (Å²) in [5, 5.41) is 9.10. The summed E-state index contributed by atoms with van der Waals surface area (Å²) in [4.78, 5) is 11.9. The van der Waals surface area contributed by atoms with Gasteiger partial charge in [-0.15, -0.1) is 0 Å². The first-order valence-electron chi connectivity index (χ1n) is 7.77. The van der Waals surface area contributed by atoms with E-state index in [0.29, 0.717) is 17.1 Å². The van der Waals surface area contributed by atoms with Crippen molar-refractivity contribution in [3.63, 3.8) is 0 Å². The monoisotopic (exact) mass is 366 g/mol. The summed E-state index contributed by atoms with van der Waals surface area (Å²) in [6.07, 6.45) is 0. The van der Waals surface area contributed by atoms with E-state index in [0.717, 1.165) is 5.56 Å². The van der Waals surface area contributed by atoms with Gasteiger partial charge in [0.05, 0.1) is 11.4 Å². The van der Waals surface area contributed by atoms with E-state index in [4.69, 9.17) is 4.74 Å². The van der Waals surface area contributed by atoms with Crippen molar-refractivity contribution in [2.24, 2.45) is 0 Å². The zero-order valence-electron chi connectivity index (χ0n) is 14.4. The topological polar surface area (TPSA) is 113 Å². The van der Waals surface area contributed by atoms with Crippen LogP contribution in [0.3, 0.4) is 0 Å². The molecule has 0 saturated carbocycles. The molecule has 0 spiro atoms. The molecule has 0 unspecified atom stereocenters. The first-order valence-corrected chi connectivity index (χ1v) is 9.25. The number of hydrogen-bond acceptors (Lipinski definition) is 5. The van der Waals surface area contributed by atoms with Gasteiger partial charge in [0.25, 0.3) is 5.91 Å². The lowest BCUT2D eigenvalue weighted by Gasteiger charge is -2.09. The minimum atomic E-state index is -3.66. The largest absolute Gasteiger partial charge is 0.484 e. The number of aryl methyl sites for hydroxylation is 3. The van der Waals surface area contributed by atoms with E-state index in [1.165, 1.54) is 0 Å². The molecule has 25 heavy (non-hydrogen) atoms. The van der Waals surface area contributed by atoms with E-state index < -0.39 is 10.0 Å². The standard InChI is InChI=1S/C16H22N4O4S/c1-11-4-6-14(7-5-11)24-10-15(21)17-8-9-18-25(22,23)16-12(2)19-20-13(16)3/h4-7,18H,8-10H2,1-3H3,(H,17,21)(H,19,20). The molecule has 0 fully saturated rings. The lowest BCUT2D eigenvalue weighted by molar-refractivity contribution is -0.123. The van der Waals surface area contributed by atoms with Gasteiger partial charge in [-0.1, -0.05) is 17.7 Å². The molecular formula is C16H22N4O4S. The first-order chi connectivity index (χ1) is 11.8. The summed E-state index contributed by atoms with van der Waals surface area (Å²) < 4.78 is 32.2. The van der Waals surface area contributed by atoms with E-state index in [1.807, 2.05) is 19.1 Å². The zero-order chi connectivity index (χ0) is 18.4. The Labute approximate surface area is 147 Å². The maximum absolute atomic E-state index is 12.2. The van der Waals surface area contributed by atoms with Crippen molar-refractivity contribution in [1.82, 2.24) is 20.2 Å². The smallest absolute Gasteiger partial charge is 0.257 e. The maximum Gasteiger partial charge on any atom is 0.257 e. The quantitative estimate of drug-likeness (QED) is 0.598. The normalized spacial score (nSPS) is 11.3. The average molecular weight is 366 g/mol. The van der Waals surface area contributed by atoms with Gasteiger partial charge in [0.2, 0.25) is 10.0 Å². The predicted octanol–water partition coefficient (Wildman–Crippen LogP) is 0.808. The van der Waals surface area contributed by atoms with Crippen LogP contribution in [0.1, 0.15) is 17.0 Å². The molecule has 1 heterocycles. The Morgan fingerprint density at radius 3 is 2.44 bits per heavy atom. The minimum absolute atomic E-state index is 0.0721. The fraction of sp³-hybridized carbons (Fsp3) is 0.375. The Kier molecular flexibility index (Phi) is 6.16. The molecule has 136 valence electrons. The van der Waals surface area contributed by atoms with Crippen LogP contribution in [0, 0.1) is 20.8 Å². The molecule has 8 nitrogen and oxygen atoms in total. The van der Waals surface area contributed by atoms with E-state index in [9.17, 15) is 13.2 Å². The molecule has 0 aliphatic heterocycles.